The van der Waals surface area contributed by atoms with Crippen molar-refractivity contribution >= 4 is 17.6 Å². The maximum Gasteiger partial charge on any atom is 0.410 e. The van der Waals surface area contributed by atoms with E-state index >= 15 is 0 Å². The molecule has 0 radical (unpaired) electrons. The molecule has 0 aliphatic carbocycles. The molecule has 23 heavy (non-hydrogen) atoms. The van der Waals surface area contributed by atoms with Crippen molar-refractivity contribution in [2.45, 2.75) is 39.7 Å². The van der Waals surface area contributed by atoms with Gasteiger partial charge in [-0.3, -0.25) is 4.79 Å². The minimum atomic E-state index is -0.473. The molecule has 0 atom stereocenters. The quantitative estimate of drug-likeness (QED) is 0.785. The first-order valence-electron chi connectivity index (χ1n) is 8.10. The fourth-order valence-electron chi connectivity index (χ4n) is 2.61. The second kappa shape index (κ2) is 7.02. The molecule has 2 rings (SSSR count). The van der Waals surface area contributed by atoms with E-state index in [0.717, 1.165) is 30.8 Å². The van der Waals surface area contributed by atoms with Gasteiger partial charge < -0.3 is 14.5 Å². The average Bonchev–Trinajstić information content (AvgIpc) is 2.71. The number of carbonyl (C=O) groups is 2. The van der Waals surface area contributed by atoms with Crippen molar-refractivity contribution < 1.29 is 14.3 Å². The Morgan fingerprint density at radius 1 is 1.09 bits per heavy atom. The SMILES string of the molecule is CC(=O)c1cccc(N2CCCN(C(=O)OC(C)(C)C)CC2)c1. The first-order chi connectivity index (χ1) is 10.8. The number of anilines is 1. The molecule has 1 aromatic rings. The van der Waals surface area contributed by atoms with Crippen LogP contribution in [-0.4, -0.2) is 48.6 Å². The third-order valence-corrected chi connectivity index (χ3v) is 3.77. The van der Waals surface area contributed by atoms with Crippen LogP contribution in [0.5, 0.6) is 0 Å². The first kappa shape index (κ1) is 17.3. The van der Waals surface area contributed by atoms with Crippen LogP contribution in [0.1, 0.15) is 44.5 Å². The van der Waals surface area contributed by atoms with Crippen LogP contribution < -0.4 is 4.90 Å². The van der Waals surface area contributed by atoms with E-state index in [2.05, 4.69) is 4.90 Å². The van der Waals surface area contributed by atoms with Crippen LogP contribution in [0, 0.1) is 0 Å². The molecule has 0 unspecified atom stereocenters. The summed E-state index contributed by atoms with van der Waals surface area (Å²) in [6, 6.07) is 7.67. The topological polar surface area (TPSA) is 49.9 Å². The van der Waals surface area contributed by atoms with E-state index in [0.29, 0.717) is 13.1 Å². The summed E-state index contributed by atoms with van der Waals surface area (Å²) in [7, 11) is 0. The number of benzene rings is 1. The maximum atomic E-state index is 12.2. The number of ether oxygens (including phenoxy) is 1. The van der Waals surface area contributed by atoms with Crippen LogP contribution in [0.25, 0.3) is 0 Å². The molecule has 0 aromatic heterocycles. The van der Waals surface area contributed by atoms with E-state index < -0.39 is 5.60 Å². The lowest BCUT2D eigenvalue weighted by molar-refractivity contribution is 0.0263. The number of hydrogen-bond acceptors (Lipinski definition) is 4. The highest BCUT2D eigenvalue weighted by Crippen LogP contribution is 2.19. The molecule has 5 heteroatoms. The van der Waals surface area contributed by atoms with Gasteiger partial charge in [0.15, 0.2) is 5.78 Å². The highest BCUT2D eigenvalue weighted by molar-refractivity contribution is 5.95. The third kappa shape index (κ3) is 4.98. The molecule has 1 amide bonds. The summed E-state index contributed by atoms with van der Waals surface area (Å²) in [4.78, 5) is 27.7. The van der Waals surface area contributed by atoms with Gasteiger partial charge in [0, 0.05) is 37.4 Å². The summed E-state index contributed by atoms with van der Waals surface area (Å²) < 4.78 is 5.45. The highest BCUT2D eigenvalue weighted by Gasteiger charge is 2.24. The Morgan fingerprint density at radius 2 is 1.83 bits per heavy atom. The number of ketones is 1. The predicted octanol–water partition coefficient (Wildman–Crippen LogP) is 3.34. The normalized spacial score (nSPS) is 16.0. The fourth-order valence-corrected chi connectivity index (χ4v) is 2.61. The van der Waals surface area contributed by atoms with E-state index in [1.54, 1.807) is 11.8 Å². The van der Waals surface area contributed by atoms with E-state index in [9.17, 15) is 9.59 Å². The second-order valence-electron chi connectivity index (χ2n) is 6.91. The van der Waals surface area contributed by atoms with E-state index in [1.165, 1.54) is 0 Å². The molecule has 1 aromatic carbocycles. The second-order valence-corrected chi connectivity index (χ2v) is 6.91. The molecule has 0 bridgehead atoms. The van der Waals surface area contributed by atoms with Crippen molar-refractivity contribution in [1.82, 2.24) is 4.90 Å². The van der Waals surface area contributed by atoms with Gasteiger partial charge in [-0.15, -0.1) is 0 Å². The Hall–Kier alpha value is -2.04. The van der Waals surface area contributed by atoms with Gasteiger partial charge in [0.25, 0.3) is 0 Å². The average molecular weight is 318 g/mol. The molecule has 1 aliphatic rings. The standard InChI is InChI=1S/C18H26N2O3/c1-14(21)15-7-5-8-16(13-15)19-9-6-10-20(12-11-19)17(22)23-18(2,3)4/h5,7-8,13H,6,9-12H2,1-4H3. The van der Waals surface area contributed by atoms with Crippen molar-refractivity contribution in [2.24, 2.45) is 0 Å². The lowest BCUT2D eigenvalue weighted by Gasteiger charge is -2.27. The summed E-state index contributed by atoms with van der Waals surface area (Å²) in [6.07, 6.45) is 0.626. The van der Waals surface area contributed by atoms with Crippen LogP contribution >= 0.6 is 0 Å². The molecule has 1 heterocycles. The molecule has 0 spiro atoms. The van der Waals surface area contributed by atoms with E-state index in [1.807, 2.05) is 45.0 Å². The van der Waals surface area contributed by atoms with Gasteiger partial charge in [0.2, 0.25) is 0 Å². The van der Waals surface area contributed by atoms with Gasteiger partial charge >= 0.3 is 6.09 Å². The zero-order valence-corrected chi connectivity index (χ0v) is 14.5. The number of nitrogens with zero attached hydrogens (tertiary/aromatic N) is 2. The smallest absolute Gasteiger partial charge is 0.410 e. The lowest BCUT2D eigenvalue weighted by atomic mass is 10.1. The number of hydrogen-bond donors (Lipinski definition) is 0. The minimum Gasteiger partial charge on any atom is -0.444 e. The maximum absolute atomic E-state index is 12.2. The molecule has 126 valence electrons. The monoisotopic (exact) mass is 318 g/mol. The van der Waals surface area contributed by atoms with Crippen molar-refractivity contribution in [1.29, 1.82) is 0 Å². The molecule has 0 N–H and O–H groups in total. The summed E-state index contributed by atoms with van der Waals surface area (Å²) >= 11 is 0. The number of carbonyl (C=O) groups excluding carboxylic acids is 2. The van der Waals surface area contributed by atoms with Gasteiger partial charge in [-0.2, -0.15) is 0 Å². The zero-order chi connectivity index (χ0) is 17.0. The van der Waals surface area contributed by atoms with Gasteiger partial charge in [-0.25, -0.2) is 4.79 Å². The molecule has 0 saturated carbocycles. The molecular formula is C18H26N2O3. The number of amides is 1. The van der Waals surface area contributed by atoms with Gasteiger partial charge in [-0.1, -0.05) is 12.1 Å². The molecule has 1 aliphatic heterocycles. The number of rotatable bonds is 2. The summed E-state index contributed by atoms with van der Waals surface area (Å²) in [5.41, 5.74) is 1.28. The van der Waals surface area contributed by atoms with Gasteiger partial charge in [-0.05, 0) is 46.2 Å². The Labute approximate surface area is 138 Å². The molecule has 1 saturated heterocycles. The van der Waals surface area contributed by atoms with Crippen molar-refractivity contribution in [3.05, 3.63) is 29.8 Å². The van der Waals surface area contributed by atoms with Crippen molar-refractivity contribution in [2.75, 3.05) is 31.1 Å². The van der Waals surface area contributed by atoms with Crippen LogP contribution in [0.2, 0.25) is 0 Å². The van der Waals surface area contributed by atoms with Crippen LogP contribution in [-0.2, 0) is 4.74 Å². The van der Waals surface area contributed by atoms with Crippen LogP contribution in [0.4, 0.5) is 10.5 Å². The fraction of sp³-hybridized carbons (Fsp3) is 0.556. The minimum absolute atomic E-state index is 0.0667. The third-order valence-electron chi connectivity index (χ3n) is 3.77. The number of Topliss-reactive ketones (excluding diaryl/α,β-unsaturated/α-hetero) is 1. The largest absolute Gasteiger partial charge is 0.444 e. The van der Waals surface area contributed by atoms with Crippen molar-refractivity contribution in [3.63, 3.8) is 0 Å². The zero-order valence-electron chi connectivity index (χ0n) is 14.5. The first-order valence-corrected chi connectivity index (χ1v) is 8.10. The Kier molecular flexibility index (Phi) is 5.29. The summed E-state index contributed by atoms with van der Waals surface area (Å²) in [5.74, 6) is 0.0667. The molecule has 1 fully saturated rings. The lowest BCUT2D eigenvalue weighted by Crippen LogP contribution is -2.39. The molecular weight excluding hydrogens is 292 g/mol. The Bertz CT molecular complexity index is 578. The Balaban J connectivity index is 2.02. The summed E-state index contributed by atoms with van der Waals surface area (Å²) in [6.45, 7) is 10.1. The highest BCUT2D eigenvalue weighted by atomic mass is 16.6. The Morgan fingerprint density at radius 3 is 2.48 bits per heavy atom. The predicted molar refractivity (Wildman–Crippen MR) is 91.1 cm³/mol. The summed E-state index contributed by atoms with van der Waals surface area (Å²) in [5, 5.41) is 0. The van der Waals surface area contributed by atoms with Gasteiger partial charge in [0.1, 0.15) is 5.60 Å². The van der Waals surface area contributed by atoms with Crippen molar-refractivity contribution in [3.8, 4) is 0 Å². The molecule has 5 nitrogen and oxygen atoms in total. The van der Waals surface area contributed by atoms with E-state index in [4.69, 9.17) is 4.74 Å². The van der Waals surface area contributed by atoms with Gasteiger partial charge in [0.05, 0.1) is 0 Å². The van der Waals surface area contributed by atoms with Crippen LogP contribution in [0.3, 0.4) is 0 Å². The van der Waals surface area contributed by atoms with Crippen LogP contribution in [0.15, 0.2) is 24.3 Å². The van der Waals surface area contributed by atoms with E-state index in [-0.39, 0.29) is 11.9 Å².